The van der Waals surface area contributed by atoms with E-state index in [9.17, 15) is 9.90 Å². The average molecular weight is 627 g/mol. The van der Waals surface area contributed by atoms with Crippen LogP contribution in [-0.2, 0) is 27.0 Å². The highest BCUT2D eigenvalue weighted by Crippen LogP contribution is 2.50. The van der Waals surface area contributed by atoms with Crippen LogP contribution in [0.2, 0.25) is 0 Å². The second-order valence-electron chi connectivity index (χ2n) is 13.1. The molecule has 45 heavy (non-hydrogen) atoms. The van der Waals surface area contributed by atoms with Crippen LogP contribution in [0.15, 0.2) is 51.6 Å². The number of allylic oxidation sites excluding steroid dienone is 2. The number of halogens is 2. The highest BCUT2D eigenvalue weighted by atomic mass is 19.1. The number of carboxylic acid groups (broad SMARTS) is 1. The minimum absolute atomic E-state index is 0.0176. The zero-order valence-corrected chi connectivity index (χ0v) is 27.4. The van der Waals surface area contributed by atoms with Gasteiger partial charge in [-0.15, -0.1) is 0 Å². The van der Waals surface area contributed by atoms with E-state index < -0.39 is 40.5 Å². The van der Waals surface area contributed by atoms with E-state index in [1.807, 2.05) is 26.8 Å². The van der Waals surface area contributed by atoms with Crippen LogP contribution in [0.25, 0.3) is 0 Å². The number of carboxylic acids is 1. The summed E-state index contributed by atoms with van der Waals surface area (Å²) < 4.78 is 35.8. The molecule has 0 bridgehead atoms. The average Bonchev–Trinajstić information content (AvgIpc) is 3.62. The molecule has 246 valence electrons. The lowest BCUT2D eigenvalue weighted by Gasteiger charge is -2.48. The number of nitrogens with zero attached hydrogens (tertiary/aromatic N) is 2. The van der Waals surface area contributed by atoms with Crippen molar-refractivity contribution in [3.05, 3.63) is 75.7 Å². The van der Waals surface area contributed by atoms with E-state index in [0.29, 0.717) is 56.0 Å². The maximum Gasteiger partial charge on any atom is 0.333 e. The van der Waals surface area contributed by atoms with Crippen LogP contribution in [0.1, 0.15) is 90.7 Å². The van der Waals surface area contributed by atoms with Crippen molar-refractivity contribution in [2.75, 3.05) is 19.6 Å². The zero-order chi connectivity index (χ0) is 33.1. The van der Waals surface area contributed by atoms with Gasteiger partial charge in [0.05, 0.1) is 22.8 Å². The summed E-state index contributed by atoms with van der Waals surface area (Å²) >= 11 is 0. The van der Waals surface area contributed by atoms with E-state index >= 15 is 13.6 Å². The maximum atomic E-state index is 15.0. The zero-order valence-electron chi connectivity index (χ0n) is 27.4. The summed E-state index contributed by atoms with van der Waals surface area (Å²) in [5, 5.41) is 18.2. The number of amides is 1. The number of aromatic nitrogens is 1. The predicted octanol–water partition coefficient (Wildman–Crippen LogP) is 6.01. The van der Waals surface area contributed by atoms with Gasteiger partial charge in [0.15, 0.2) is 5.76 Å². The molecule has 10 heteroatoms. The first-order valence-corrected chi connectivity index (χ1v) is 16.2. The summed E-state index contributed by atoms with van der Waals surface area (Å²) in [4.78, 5) is 29.2. The second-order valence-corrected chi connectivity index (χ2v) is 13.1. The Hall–Kier alpha value is -3.37. The van der Waals surface area contributed by atoms with Crippen molar-refractivity contribution in [2.24, 2.45) is 17.6 Å². The minimum atomic E-state index is -1.85. The van der Waals surface area contributed by atoms with Crippen LogP contribution in [0.3, 0.4) is 0 Å². The van der Waals surface area contributed by atoms with Crippen LogP contribution < -0.4 is 11.1 Å². The van der Waals surface area contributed by atoms with Crippen molar-refractivity contribution >= 4 is 11.9 Å². The third kappa shape index (κ3) is 6.77. The first kappa shape index (κ1) is 34.5. The Bertz CT molecular complexity index is 1430. The fourth-order valence-corrected chi connectivity index (χ4v) is 7.00. The molecule has 1 saturated carbocycles. The number of benzene rings is 1. The topological polar surface area (TPSA) is 122 Å². The Morgan fingerprint density at radius 2 is 1.73 bits per heavy atom. The number of aliphatic carboxylic acids is 1. The number of carbonyl (C=O) groups excluding carboxylic acids is 1. The number of hydrogen-bond donors (Lipinski definition) is 3. The van der Waals surface area contributed by atoms with Gasteiger partial charge in [0, 0.05) is 31.8 Å². The molecule has 1 heterocycles. The summed E-state index contributed by atoms with van der Waals surface area (Å²) in [6.45, 7) is 13.1. The SMILES string of the molecule is CCCN(CCC)C(=O)C1(c2cc(F)cc(F)c2)C([C@@H](CC)CNC2(c3cc(CC(C)C)no3)CC2)=C(C)C=C(C(=O)O)[C@H]1N. The van der Waals surface area contributed by atoms with Crippen molar-refractivity contribution in [2.45, 2.75) is 97.1 Å². The normalized spacial score (nSPS) is 21.6. The Morgan fingerprint density at radius 1 is 1.11 bits per heavy atom. The molecular formula is C35H48F2N4O4. The smallest absolute Gasteiger partial charge is 0.333 e. The number of hydrogen-bond acceptors (Lipinski definition) is 6. The number of rotatable bonds is 15. The molecule has 1 aromatic heterocycles. The largest absolute Gasteiger partial charge is 0.478 e. The van der Waals surface area contributed by atoms with Gasteiger partial charge < -0.3 is 25.6 Å². The van der Waals surface area contributed by atoms with Gasteiger partial charge in [-0.1, -0.05) is 39.8 Å². The highest BCUT2D eigenvalue weighted by molar-refractivity contribution is 5.99. The van der Waals surface area contributed by atoms with E-state index in [0.717, 1.165) is 48.9 Å². The second kappa shape index (κ2) is 14.0. The van der Waals surface area contributed by atoms with Gasteiger partial charge in [0.2, 0.25) is 5.91 Å². The summed E-state index contributed by atoms with van der Waals surface area (Å²) in [5.74, 6) is -2.59. The molecule has 8 nitrogen and oxygen atoms in total. The molecule has 0 saturated heterocycles. The summed E-state index contributed by atoms with van der Waals surface area (Å²) in [6, 6.07) is 3.61. The van der Waals surface area contributed by atoms with Crippen LogP contribution >= 0.6 is 0 Å². The molecule has 0 radical (unpaired) electrons. The van der Waals surface area contributed by atoms with E-state index in [1.54, 1.807) is 11.8 Å². The third-order valence-corrected chi connectivity index (χ3v) is 9.19. The van der Waals surface area contributed by atoms with Crippen LogP contribution in [-0.4, -0.2) is 52.7 Å². The van der Waals surface area contributed by atoms with Gasteiger partial charge in [-0.2, -0.15) is 0 Å². The Kier molecular flexibility index (Phi) is 10.7. The molecular weight excluding hydrogens is 578 g/mol. The minimum Gasteiger partial charge on any atom is -0.478 e. The fraction of sp³-hybridized carbons (Fsp3) is 0.571. The summed E-state index contributed by atoms with van der Waals surface area (Å²) in [7, 11) is 0. The lowest BCUT2D eigenvalue weighted by molar-refractivity contribution is -0.137. The third-order valence-electron chi connectivity index (χ3n) is 9.19. The fourth-order valence-electron chi connectivity index (χ4n) is 7.00. The highest BCUT2D eigenvalue weighted by Gasteiger charge is 2.57. The van der Waals surface area contributed by atoms with Gasteiger partial charge in [-0.3, -0.25) is 4.79 Å². The first-order valence-electron chi connectivity index (χ1n) is 16.2. The number of carbonyl (C=O) groups is 2. The quantitative estimate of drug-likeness (QED) is 0.221. The number of nitrogens with one attached hydrogen (secondary N) is 1. The molecule has 3 atom stereocenters. The van der Waals surface area contributed by atoms with Crippen LogP contribution in [0, 0.1) is 23.5 Å². The number of nitrogens with two attached hydrogens (primary N) is 1. The monoisotopic (exact) mass is 626 g/mol. The summed E-state index contributed by atoms with van der Waals surface area (Å²) in [5.41, 5.74) is 6.49. The Labute approximate surface area is 265 Å². The van der Waals surface area contributed by atoms with Crippen molar-refractivity contribution in [1.82, 2.24) is 15.4 Å². The van der Waals surface area contributed by atoms with Crippen molar-refractivity contribution in [3.63, 3.8) is 0 Å². The van der Waals surface area contributed by atoms with Crippen molar-refractivity contribution < 1.29 is 28.0 Å². The van der Waals surface area contributed by atoms with Crippen molar-refractivity contribution in [3.8, 4) is 0 Å². The molecule has 1 amide bonds. The Morgan fingerprint density at radius 3 is 2.24 bits per heavy atom. The standard InChI is InChI=1S/C35H48F2N4O4/c1-7-12-41(13-8-2)33(44)35(24-16-25(36)18-26(37)17-24)30(22(6)15-28(31(35)38)32(42)43)23(9-3)20-39-34(10-11-34)29-19-27(40-45-29)14-21(4)5/h15-19,21,23,31,39H,7-14,20,38H2,1-6H3,(H,42,43)/t23-,31+,35?/m0/s1. The predicted molar refractivity (Wildman–Crippen MR) is 169 cm³/mol. The van der Waals surface area contributed by atoms with Gasteiger partial charge in [-0.25, -0.2) is 13.6 Å². The molecule has 2 aromatic rings. The molecule has 1 fully saturated rings. The van der Waals surface area contributed by atoms with E-state index in [-0.39, 0.29) is 17.1 Å². The molecule has 1 aromatic carbocycles. The van der Waals surface area contributed by atoms with Crippen molar-refractivity contribution in [1.29, 1.82) is 0 Å². The molecule has 0 spiro atoms. The molecule has 2 aliphatic rings. The van der Waals surface area contributed by atoms with Gasteiger partial charge in [0.25, 0.3) is 0 Å². The van der Waals surface area contributed by atoms with Gasteiger partial charge in [0.1, 0.15) is 17.0 Å². The Balaban J connectivity index is 1.88. The molecule has 0 aliphatic heterocycles. The van der Waals surface area contributed by atoms with E-state index in [4.69, 9.17) is 10.3 Å². The lowest BCUT2D eigenvalue weighted by atomic mass is 9.58. The van der Waals surface area contributed by atoms with Gasteiger partial charge >= 0.3 is 5.97 Å². The molecule has 4 N–H and O–H groups in total. The van der Waals surface area contributed by atoms with Crippen LogP contribution in [0.4, 0.5) is 8.78 Å². The lowest BCUT2D eigenvalue weighted by Crippen LogP contribution is -2.62. The van der Waals surface area contributed by atoms with Crippen LogP contribution in [0.5, 0.6) is 0 Å². The first-order chi connectivity index (χ1) is 21.3. The molecule has 1 unspecified atom stereocenters. The van der Waals surface area contributed by atoms with E-state index in [2.05, 4.69) is 24.3 Å². The van der Waals surface area contributed by atoms with E-state index in [1.165, 1.54) is 6.08 Å². The summed E-state index contributed by atoms with van der Waals surface area (Å²) in [6.07, 6.45) is 5.86. The molecule has 2 aliphatic carbocycles. The van der Waals surface area contributed by atoms with Gasteiger partial charge in [-0.05, 0) is 92.2 Å². The molecule has 4 rings (SSSR count). The maximum absolute atomic E-state index is 15.0.